The fourth-order valence-electron chi connectivity index (χ4n) is 6.11. The second kappa shape index (κ2) is 7.58. The number of carbonyl (C=O) groups is 2. The number of Topliss-reactive ketones (excluding diaryl/α,β-unsaturated/α-hetero) is 1. The zero-order chi connectivity index (χ0) is 22.8. The molecule has 3 heterocycles. The second-order valence-electron chi connectivity index (χ2n) is 11.4. The largest absolute Gasteiger partial charge is 0.352 e. The quantitative estimate of drug-likeness (QED) is 0.781. The molecule has 1 unspecified atom stereocenters. The average Bonchev–Trinajstić information content (AvgIpc) is 2.99. The molecular weight excluding hydrogens is 398 g/mol. The molecule has 0 saturated carbocycles. The first-order valence-corrected chi connectivity index (χ1v) is 12.2. The Hall–Kier alpha value is -2.40. The van der Waals surface area contributed by atoms with E-state index in [-0.39, 0.29) is 11.3 Å². The van der Waals surface area contributed by atoms with Crippen LogP contribution < -0.4 is 10.2 Å². The van der Waals surface area contributed by atoms with Gasteiger partial charge in [-0.1, -0.05) is 27.7 Å². The molecule has 2 aliphatic heterocycles. The van der Waals surface area contributed by atoms with Crippen LogP contribution in [0.25, 0.3) is 5.69 Å². The van der Waals surface area contributed by atoms with Crippen molar-refractivity contribution in [1.82, 2.24) is 9.88 Å². The molecule has 1 aromatic carbocycles. The smallest absolute Gasteiger partial charge is 0.251 e. The van der Waals surface area contributed by atoms with Gasteiger partial charge in [-0.2, -0.15) is 0 Å². The van der Waals surface area contributed by atoms with Gasteiger partial charge in [0.1, 0.15) is 6.54 Å². The maximum atomic E-state index is 13.3. The van der Waals surface area contributed by atoms with E-state index in [0.717, 1.165) is 66.7 Å². The van der Waals surface area contributed by atoms with Gasteiger partial charge in [0.2, 0.25) is 0 Å². The normalized spacial score (nSPS) is 21.8. The number of hydrogen-bond donors (Lipinski definition) is 2. The third-order valence-electron chi connectivity index (χ3n) is 7.39. The van der Waals surface area contributed by atoms with Crippen molar-refractivity contribution in [2.24, 2.45) is 11.3 Å². The average molecular weight is 435 g/mol. The molecule has 3 aliphatic rings. The van der Waals surface area contributed by atoms with E-state index in [1.807, 2.05) is 0 Å². The monoisotopic (exact) mass is 434 g/mol. The molecule has 1 atom stereocenters. The minimum atomic E-state index is -0.0314. The summed E-state index contributed by atoms with van der Waals surface area (Å²) in [4.78, 5) is 27.6. The van der Waals surface area contributed by atoms with Gasteiger partial charge in [0.15, 0.2) is 5.78 Å². The molecule has 1 aliphatic carbocycles. The van der Waals surface area contributed by atoms with Crippen molar-refractivity contribution in [3.63, 3.8) is 0 Å². The van der Waals surface area contributed by atoms with Gasteiger partial charge in [-0.15, -0.1) is 0 Å². The molecule has 32 heavy (non-hydrogen) atoms. The first-order chi connectivity index (χ1) is 15.1. The van der Waals surface area contributed by atoms with Crippen molar-refractivity contribution in [3.05, 3.63) is 51.3 Å². The van der Waals surface area contributed by atoms with E-state index >= 15 is 0 Å². The number of amides is 1. The van der Waals surface area contributed by atoms with Gasteiger partial charge >= 0.3 is 0 Å². The predicted octanol–water partition coefficient (Wildman–Crippen LogP) is 2.69. The highest BCUT2D eigenvalue weighted by Crippen LogP contribution is 2.41. The number of aromatic nitrogens is 1. The molecule has 2 N–H and O–H groups in total. The van der Waals surface area contributed by atoms with Crippen molar-refractivity contribution in [1.29, 1.82) is 0 Å². The van der Waals surface area contributed by atoms with Gasteiger partial charge in [0.05, 0.1) is 19.3 Å². The number of benzene rings is 1. The van der Waals surface area contributed by atoms with E-state index < -0.39 is 0 Å². The Morgan fingerprint density at radius 2 is 1.88 bits per heavy atom. The topological polar surface area (TPSA) is 55.5 Å². The van der Waals surface area contributed by atoms with Crippen LogP contribution in [0.2, 0.25) is 0 Å². The molecule has 5 nitrogen and oxygen atoms in total. The van der Waals surface area contributed by atoms with E-state index in [1.54, 1.807) is 0 Å². The molecule has 0 bridgehead atoms. The Morgan fingerprint density at radius 3 is 2.62 bits per heavy atom. The van der Waals surface area contributed by atoms with Gasteiger partial charge in [-0.05, 0) is 59.4 Å². The van der Waals surface area contributed by atoms with Crippen LogP contribution in [-0.4, -0.2) is 36.4 Å². The van der Waals surface area contributed by atoms with Gasteiger partial charge in [0, 0.05) is 41.9 Å². The molecule has 0 saturated heterocycles. The van der Waals surface area contributed by atoms with Crippen molar-refractivity contribution in [2.45, 2.75) is 66.3 Å². The van der Waals surface area contributed by atoms with Crippen molar-refractivity contribution in [3.8, 4) is 5.69 Å². The van der Waals surface area contributed by atoms with E-state index in [2.05, 4.69) is 56.8 Å². The summed E-state index contributed by atoms with van der Waals surface area (Å²) in [5, 5.41) is 3.03. The lowest BCUT2D eigenvalue weighted by Gasteiger charge is -2.30. The van der Waals surface area contributed by atoms with Gasteiger partial charge < -0.3 is 14.8 Å². The number of carbonyl (C=O) groups excluding carboxylic acids is 2. The summed E-state index contributed by atoms with van der Waals surface area (Å²) in [6.45, 7) is 11.5. The van der Waals surface area contributed by atoms with Crippen LogP contribution in [0.15, 0.2) is 12.1 Å². The number of ketones is 1. The lowest BCUT2D eigenvalue weighted by atomic mass is 9.75. The molecule has 0 spiro atoms. The van der Waals surface area contributed by atoms with E-state index in [4.69, 9.17) is 0 Å². The minimum absolute atomic E-state index is 0.0314. The predicted molar refractivity (Wildman–Crippen MR) is 126 cm³/mol. The van der Waals surface area contributed by atoms with E-state index in [1.165, 1.54) is 21.9 Å². The summed E-state index contributed by atoms with van der Waals surface area (Å²) in [6, 6.07) is 4.47. The first kappa shape index (κ1) is 21.4. The molecule has 170 valence electrons. The number of likely N-dealkylation sites (N-methyl/N-ethyl adjacent to an activating group) is 1. The Labute approximate surface area is 191 Å². The standard InChI is InChI=1S/C27H35N3O2/c1-16(2)10-18-12-19(11-17-6-8-28-26(32)24(17)18)30-21-13-27(3,4)14-23(31)25(21)20-7-9-29(5)15-22(20)30/h11-12,16H,6-10,13-15H2,1-5H3,(H,28,32)/p+1. The number of rotatable bonds is 3. The maximum absolute atomic E-state index is 13.3. The highest BCUT2D eigenvalue weighted by Gasteiger charge is 2.39. The van der Waals surface area contributed by atoms with Crippen LogP contribution in [-0.2, 0) is 32.2 Å². The van der Waals surface area contributed by atoms with Crippen LogP contribution in [0.4, 0.5) is 0 Å². The molecular formula is C27H36N3O2+. The fraction of sp³-hybridized carbons (Fsp3) is 0.556. The van der Waals surface area contributed by atoms with Gasteiger partial charge in [0.25, 0.3) is 5.91 Å². The lowest BCUT2D eigenvalue weighted by molar-refractivity contribution is -0.896. The number of fused-ring (bicyclic) bond motifs is 4. The van der Waals surface area contributed by atoms with E-state index in [9.17, 15) is 9.59 Å². The van der Waals surface area contributed by atoms with Crippen molar-refractivity contribution < 1.29 is 14.5 Å². The zero-order valence-corrected chi connectivity index (χ0v) is 20.2. The van der Waals surface area contributed by atoms with Gasteiger partial charge in [-0.25, -0.2) is 0 Å². The Morgan fingerprint density at radius 1 is 1.09 bits per heavy atom. The van der Waals surface area contributed by atoms with Crippen LogP contribution in [0.5, 0.6) is 0 Å². The fourth-order valence-corrected chi connectivity index (χ4v) is 6.11. The molecule has 5 rings (SSSR count). The minimum Gasteiger partial charge on any atom is -0.352 e. The summed E-state index contributed by atoms with van der Waals surface area (Å²) in [6.07, 6.45) is 4.25. The van der Waals surface area contributed by atoms with Crippen LogP contribution in [0.1, 0.15) is 82.9 Å². The maximum Gasteiger partial charge on any atom is 0.251 e. The molecule has 2 aromatic rings. The number of quaternary nitrogens is 1. The number of nitrogens with zero attached hydrogens (tertiary/aromatic N) is 1. The van der Waals surface area contributed by atoms with E-state index in [0.29, 0.717) is 24.7 Å². The summed E-state index contributed by atoms with van der Waals surface area (Å²) in [5.41, 5.74) is 9.07. The number of nitrogens with one attached hydrogen (secondary N) is 2. The third kappa shape index (κ3) is 3.51. The molecule has 0 radical (unpaired) electrons. The highest BCUT2D eigenvalue weighted by atomic mass is 16.1. The molecule has 5 heteroatoms. The van der Waals surface area contributed by atoms with Crippen molar-refractivity contribution >= 4 is 11.7 Å². The number of hydrogen-bond acceptors (Lipinski definition) is 2. The Kier molecular flexibility index (Phi) is 5.08. The molecule has 1 aromatic heterocycles. The van der Waals surface area contributed by atoms with Crippen LogP contribution >= 0.6 is 0 Å². The summed E-state index contributed by atoms with van der Waals surface area (Å²) >= 11 is 0. The molecule has 1 amide bonds. The second-order valence-corrected chi connectivity index (χ2v) is 11.4. The first-order valence-electron chi connectivity index (χ1n) is 12.2. The highest BCUT2D eigenvalue weighted by molar-refractivity contribution is 6.01. The van der Waals surface area contributed by atoms with Gasteiger partial charge in [-0.3, -0.25) is 9.59 Å². The van der Waals surface area contributed by atoms with Crippen LogP contribution in [0.3, 0.4) is 0 Å². The third-order valence-corrected chi connectivity index (χ3v) is 7.39. The Balaban J connectivity index is 1.77. The molecule has 0 fully saturated rings. The Bertz CT molecular complexity index is 1120. The van der Waals surface area contributed by atoms with Crippen LogP contribution in [0, 0.1) is 11.3 Å². The SMILES string of the molecule is CC(C)Cc1cc(-n2c3c(c4c2CC(C)(C)CC4=O)CC[NH+](C)C3)cc2c1C(=O)NCC2. The summed E-state index contributed by atoms with van der Waals surface area (Å²) < 4.78 is 2.42. The summed E-state index contributed by atoms with van der Waals surface area (Å²) in [5.74, 6) is 0.837. The summed E-state index contributed by atoms with van der Waals surface area (Å²) in [7, 11) is 2.24. The van der Waals surface area contributed by atoms with Crippen molar-refractivity contribution in [2.75, 3.05) is 20.1 Å². The lowest BCUT2D eigenvalue weighted by Crippen LogP contribution is -3.08. The zero-order valence-electron chi connectivity index (χ0n) is 20.2.